The zero-order valence-electron chi connectivity index (χ0n) is 17.1. The fourth-order valence-electron chi connectivity index (χ4n) is 3.50. The van der Waals surface area contributed by atoms with Gasteiger partial charge in [0.2, 0.25) is 11.8 Å². The minimum Gasteiger partial charge on any atom is -0.338 e. The molecule has 8 nitrogen and oxygen atoms in total. The summed E-state index contributed by atoms with van der Waals surface area (Å²) in [4.78, 5) is 38.8. The van der Waals surface area contributed by atoms with Crippen LogP contribution in [-0.2, 0) is 16.1 Å². The highest BCUT2D eigenvalue weighted by molar-refractivity contribution is 5.95. The summed E-state index contributed by atoms with van der Waals surface area (Å²) < 4.78 is 0. The Bertz CT molecular complexity index is 1090. The smallest absolute Gasteiger partial charge is 0.287 e. The maximum Gasteiger partial charge on any atom is 0.287 e. The van der Waals surface area contributed by atoms with Crippen molar-refractivity contribution in [3.63, 3.8) is 0 Å². The lowest BCUT2D eigenvalue weighted by Gasteiger charge is -2.17. The molecule has 0 saturated carbocycles. The summed E-state index contributed by atoms with van der Waals surface area (Å²) in [5.74, 6) is -1.49. The Kier molecular flexibility index (Phi) is 5.79. The highest BCUT2D eigenvalue weighted by Gasteiger charge is 2.34. The van der Waals surface area contributed by atoms with Crippen LogP contribution in [0.2, 0.25) is 0 Å². The van der Waals surface area contributed by atoms with E-state index in [4.69, 9.17) is 0 Å². The molecular formula is C23H23N5O3. The van der Waals surface area contributed by atoms with Gasteiger partial charge in [0, 0.05) is 25.1 Å². The summed E-state index contributed by atoms with van der Waals surface area (Å²) in [5, 5.41) is 6.79. The van der Waals surface area contributed by atoms with E-state index in [-0.39, 0.29) is 18.0 Å². The Morgan fingerprint density at radius 1 is 1.10 bits per heavy atom. The number of hydrogen-bond donors (Lipinski definition) is 3. The Morgan fingerprint density at radius 2 is 1.84 bits per heavy atom. The van der Waals surface area contributed by atoms with Gasteiger partial charge in [-0.2, -0.15) is 5.10 Å². The Labute approximate surface area is 179 Å². The molecular weight excluding hydrogens is 394 g/mol. The number of nitrogens with one attached hydrogen (secondary N) is 3. The number of likely N-dealkylation sites (tertiary alicyclic amines) is 1. The lowest BCUT2D eigenvalue weighted by atomic mass is 10.1. The van der Waals surface area contributed by atoms with Crippen LogP contribution in [0.3, 0.4) is 0 Å². The summed E-state index contributed by atoms with van der Waals surface area (Å²) >= 11 is 0. The number of aromatic amines is 1. The SMILES string of the molecule is Cc1ccc(CN2CC(C(=O)NNC(=O)c3cc(-c4ccccc4)n[nH]3)CC2=O)cc1. The summed E-state index contributed by atoms with van der Waals surface area (Å²) in [6.07, 6.45) is 0.121. The molecule has 3 aromatic rings. The van der Waals surface area contributed by atoms with Gasteiger partial charge in [-0.3, -0.25) is 30.3 Å². The van der Waals surface area contributed by atoms with Gasteiger partial charge in [0.1, 0.15) is 5.69 Å². The average molecular weight is 417 g/mol. The fourth-order valence-corrected chi connectivity index (χ4v) is 3.50. The number of hydrogen-bond acceptors (Lipinski definition) is 4. The highest BCUT2D eigenvalue weighted by Crippen LogP contribution is 2.21. The second-order valence-electron chi connectivity index (χ2n) is 7.64. The van der Waals surface area contributed by atoms with Crippen molar-refractivity contribution >= 4 is 17.7 Å². The maximum atomic E-state index is 12.5. The van der Waals surface area contributed by atoms with Gasteiger partial charge in [-0.05, 0) is 18.6 Å². The Hall–Kier alpha value is -3.94. The van der Waals surface area contributed by atoms with E-state index in [2.05, 4.69) is 21.0 Å². The fraction of sp³-hybridized carbons (Fsp3) is 0.217. The number of hydrazine groups is 1. The summed E-state index contributed by atoms with van der Waals surface area (Å²) in [5.41, 5.74) is 8.70. The predicted molar refractivity (Wildman–Crippen MR) is 114 cm³/mol. The molecule has 1 saturated heterocycles. The van der Waals surface area contributed by atoms with Crippen molar-refractivity contribution < 1.29 is 14.4 Å². The predicted octanol–water partition coefficient (Wildman–Crippen LogP) is 2.19. The van der Waals surface area contributed by atoms with E-state index < -0.39 is 17.7 Å². The zero-order chi connectivity index (χ0) is 21.8. The lowest BCUT2D eigenvalue weighted by Crippen LogP contribution is -2.45. The molecule has 0 bridgehead atoms. The number of H-pyrrole nitrogens is 1. The molecule has 2 heterocycles. The van der Waals surface area contributed by atoms with Crippen LogP contribution in [0.15, 0.2) is 60.7 Å². The monoisotopic (exact) mass is 417 g/mol. The molecule has 3 N–H and O–H groups in total. The molecule has 2 aromatic carbocycles. The van der Waals surface area contributed by atoms with Gasteiger partial charge in [-0.1, -0.05) is 60.2 Å². The largest absolute Gasteiger partial charge is 0.338 e. The maximum absolute atomic E-state index is 12.5. The van der Waals surface area contributed by atoms with Gasteiger partial charge in [0.05, 0.1) is 11.6 Å². The first kappa shape index (κ1) is 20.3. The van der Waals surface area contributed by atoms with Crippen molar-refractivity contribution in [2.45, 2.75) is 19.9 Å². The topological polar surface area (TPSA) is 107 Å². The van der Waals surface area contributed by atoms with Gasteiger partial charge in [-0.25, -0.2) is 0 Å². The van der Waals surface area contributed by atoms with Gasteiger partial charge in [0.15, 0.2) is 0 Å². The van der Waals surface area contributed by atoms with Crippen molar-refractivity contribution in [3.8, 4) is 11.3 Å². The molecule has 1 aromatic heterocycles. The zero-order valence-corrected chi connectivity index (χ0v) is 17.1. The second kappa shape index (κ2) is 8.83. The number of aromatic nitrogens is 2. The van der Waals surface area contributed by atoms with Crippen LogP contribution in [0.25, 0.3) is 11.3 Å². The van der Waals surface area contributed by atoms with Gasteiger partial charge >= 0.3 is 0 Å². The number of rotatable bonds is 5. The first-order valence-electron chi connectivity index (χ1n) is 10.0. The third kappa shape index (κ3) is 4.80. The summed E-state index contributed by atoms with van der Waals surface area (Å²) in [7, 11) is 0. The first-order chi connectivity index (χ1) is 15.0. The van der Waals surface area contributed by atoms with E-state index >= 15 is 0 Å². The molecule has 3 amide bonds. The van der Waals surface area contributed by atoms with Crippen LogP contribution >= 0.6 is 0 Å². The average Bonchev–Trinajstić information content (AvgIpc) is 3.42. The molecule has 158 valence electrons. The third-order valence-electron chi connectivity index (χ3n) is 5.27. The number of amides is 3. The number of aryl methyl sites for hydroxylation is 1. The van der Waals surface area contributed by atoms with Crippen molar-refractivity contribution in [1.82, 2.24) is 25.9 Å². The minimum absolute atomic E-state index is 0.0758. The van der Waals surface area contributed by atoms with Crippen molar-refractivity contribution in [3.05, 3.63) is 77.5 Å². The molecule has 0 aliphatic carbocycles. The van der Waals surface area contributed by atoms with Crippen LogP contribution < -0.4 is 10.9 Å². The Morgan fingerprint density at radius 3 is 2.58 bits per heavy atom. The van der Waals surface area contributed by atoms with Crippen LogP contribution in [0.4, 0.5) is 0 Å². The highest BCUT2D eigenvalue weighted by atomic mass is 16.2. The number of carbonyl (C=O) groups excluding carboxylic acids is 3. The number of nitrogens with zero attached hydrogens (tertiary/aromatic N) is 2. The van der Waals surface area contributed by atoms with Crippen molar-refractivity contribution in [2.24, 2.45) is 5.92 Å². The van der Waals surface area contributed by atoms with E-state index in [1.54, 1.807) is 11.0 Å². The molecule has 1 aliphatic rings. The van der Waals surface area contributed by atoms with E-state index in [9.17, 15) is 14.4 Å². The number of benzene rings is 2. The molecule has 0 spiro atoms. The van der Waals surface area contributed by atoms with Crippen LogP contribution in [-0.4, -0.2) is 39.4 Å². The summed E-state index contributed by atoms with van der Waals surface area (Å²) in [6, 6.07) is 19.0. The van der Waals surface area contributed by atoms with Crippen LogP contribution in [0, 0.1) is 12.8 Å². The first-order valence-corrected chi connectivity index (χ1v) is 10.0. The van der Waals surface area contributed by atoms with Crippen LogP contribution in [0.5, 0.6) is 0 Å². The normalized spacial score (nSPS) is 15.7. The minimum atomic E-state index is -0.514. The molecule has 8 heteroatoms. The molecule has 1 fully saturated rings. The molecule has 0 radical (unpaired) electrons. The number of carbonyl (C=O) groups is 3. The molecule has 1 aliphatic heterocycles. The lowest BCUT2D eigenvalue weighted by molar-refractivity contribution is -0.129. The molecule has 1 unspecified atom stereocenters. The van der Waals surface area contributed by atoms with E-state index in [1.807, 2.05) is 61.5 Å². The Balaban J connectivity index is 1.30. The van der Waals surface area contributed by atoms with Gasteiger partial charge < -0.3 is 4.90 Å². The van der Waals surface area contributed by atoms with Crippen LogP contribution in [0.1, 0.15) is 28.0 Å². The van der Waals surface area contributed by atoms with Crippen molar-refractivity contribution in [1.29, 1.82) is 0 Å². The van der Waals surface area contributed by atoms with Gasteiger partial charge in [0.25, 0.3) is 5.91 Å². The molecule has 4 rings (SSSR count). The van der Waals surface area contributed by atoms with Gasteiger partial charge in [-0.15, -0.1) is 0 Å². The van der Waals surface area contributed by atoms with E-state index in [0.29, 0.717) is 18.8 Å². The van der Waals surface area contributed by atoms with Crippen molar-refractivity contribution in [2.75, 3.05) is 6.54 Å². The third-order valence-corrected chi connectivity index (χ3v) is 5.27. The van der Waals surface area contributed by atoms with E-state index in [0.717, 1.165) is 16.7 Å². The molecule has 31 heavy (non-hydrogen) atoms. The standard InChI is InChI=1S/C23H23N5O3/c1-15-7-9-16(10-8-15)13-28-14-18(11-21(28)29)22(30)26-27-23(31)20-12-19(24-25-20)17-5-3-2-4-6-17/h2-10,12,18H,11,13-14H2,1H3,(H,24,25)(H,26,30)(H,27,31). The second-order valence-corrected chi connectivity index (χ2v) is 7.64. The quantitative estimate of drug-likeness (QED) is 0.553. The summed E-state index contributed by atoms with van der Waals surface area (Å²) in [6.45, 7) is 2.79. The van der Waals surface area contributed by atoms with E-state index in [1.165, 1.54) is 0 Å². The molecule has 1 atom stereocenters.